The zero-order chi connectivity index (χ0) is 12.8. The molecule has 0 atom stereocenters. The van der Waals surface area contributed by atoms with Gasteiger partial charge in [0, 0.05) is 13.0 Å². The van der Waals surface area contributed by atoms with E-state index >= 15 is 0 Å². The van der Waals surface area contributed by atoms with Crippen molar-refractivity contribution in [2.75, 3.05) is 6.54 Å². The lowest BCUT2D eigenvalue weighted by molar-refractivity contribution is -0.136. The Morgan fingerprint density at radius 1 is 1.25 bits per heavy atom. The molecule has 0 radical (unpaired) electrons. The molecule has 0 heterocycles. The second-order valence-corrected chi connectivity index (χ2v) is 4.03. The Balaban J connectivity index is 3.71. The van der Waals surface area contributed by atoms with Gasteiger partial charge in [-0.15, -0.1) is 0 Å². The smallest absolute Gasteiger partial charge is 0.355 e. The molecule has 1 amide bonds. The van der Waals surface area contributed by atoms with Crippen molar-refractivity contribution in [2.45, 2.75) is 39.3 Å². The lowest BCUT2D eigenvalue weighted by atomic mass is 10.1. The number of halogens is 3. The summed E-state index contributed by atoms with van der Waals surface area (Å²) in [7, 11) is 0. The number of nitrogens with one attached hydrogen (secondary N) is 1. The van der Waals surface area contributed by atoms with Gasteiger partial charge in [0.2, 0.25) is 5.91 Å². The second-order valence-electron chi connectivity index (χ2n) is 4.03. The van der Waals surface area contributed by atoms with Crippen molar-refractivity contribution >= 4 is 11.7 Å². The van der Waals surface area contributed by atoms with Crippen LogP contribution in [0.1, 0.15) is 33.1 Å². The first-order valence-electron chi connectivity index (χ1n) is 5.06. The highest BCUT2D eigenvalue weighted by Gasteiger charge is 2.26. The summed E-state index contributed by atoms with van der Waals surface area (Å²) in [4.78, 5) is 22.2. The van der Waals surface area contributed by atoms with E-state index in [1.54, 1.807) is 0 Å². The molecule has 0 saturated heterocycles. The lowest BCUT2D eigenvalue weighted by Gasteiger charge is -2.08. The topological polar surface area (TPSA) is 46.2 Å². The number of alkyl halides is 3. The molecule has 1 N–H and O–H groups in total. The zero-order valence-electron chi connectivity index (χ0n) is 9.36. The number of hydrogen-bond acceptors (Lipinski definition) is 2. The number of ketones is 1. The SMILES string of the molecule is CC(C)CC(=O)CC(=O)NCCC(F)(F)F. The molecular formula is C10H16F3NO2. The second kappa shape index (κ2) is 6.50. The fraction of sp³-hybridized carbons (Fsp3) is 0.800. The molecular weight excluding hydrogens is 223 g/mol. The van der Waals surface area contributed by atoms with E-state index in [1.165, 1.54) is 0 Å². The highest BCUT2D eigenvalue weighted by Crippen LogP contribution is 2.18. The van der Waals surface area contributed by atoms with E-state index in [0.717, 1.165) is 0 Å². The third kappa shape index (κ3) is 9.48. The van der Waals surface area contributed by atoms with Crippen molar-refractivity contribution in [2.24, 2.45) is 5.92 Å². The van der Waals surface area contributed by atoms with Crippen molar-refractivity contribution in [1.82, 2.24) is 5.32 Å². The first kappa shape index (κ1) is 14.9. The van der Waals surface area contributed by atoms with Crippen molar-refractivity contribution in [3.63, 3.8) is 0 Å². The van der Waals surface area contributed by atoms with Gasteiger partial charge in [0.25, 0.3) is 0 Å². The summed E-state index contributed by atoms with van der Waals surface area (Å²) in [5.74, 6) is -0.745. The summed E-state index contributed by atoms with van der Waals surface area (Å²) < 4.78 is 35.2. The maximum Gasteiger partial charge on any atom is 0.390 e. The van der Waals surface area contributed by atoms with Crippen LogP contribution < -0.4 is 5.32 Å². The van der Waals surface area contributed by atoms with E-state index in [1.807, 2.05) is 13.8 Å². The van der Waals surface area contributed by atoms with Gasteiger partial charge in [-0.1, -0.05) is 13.8 Å². The van der Waals surface area contributed by atoms with Gasteiger partial charge in [0.05, 0.1) is 12.8 Å². The predicted octanol–water partition coefficient (Wildman–Crippen LogP) is 2.06. The Morgan fingerprint density at radius 2 is 1.81 bits per heavy atom. The van der Waals surface area contributed by atoms with Crippen LogP contribution in [0.15, 0.2) is 0 Å². The van der Waals surface area contributed by atoms with Crippen molar-refractivity contribution in [3.05, 3.63) is 0 Å². The Bertz CT molecular complexity index is 249. The minimum absolute atomic E-state index is 0.149. The first-order chi connectivity index (χ1) is 7.20. The van der Waals surface area contributed by atoms with Crippen LogP contribution in [0.3, 0.4) is 0 Å². The van der Waals surface area contributed by atoms with Gasteiger partial charge in [-0.25, -0.2) is 0 Å². The van der Waals surface area contributed by atoms with Gasteiger partial charge in [0.15, 0.2) is 0 Å². The van der Waals surface area contributed by atoms with E-state index in [2.05, 4.69) is 5.32 Å². The molecule has 0 aromatic rings. The van der Waals surface area contributed by atoms with Crippen LogP contribution in [0.2, 0.25) is 0 Å². The molecule has 0 aliphatic rings. The van der Waals surface area contributed by atoms with Crippen LogP contribution >= 0.6 is 0 Å². The van der Waals surface area contributed by atoms with E-state index in [-0.39, 0.29) is 24.5 Å². The Kier molecular flexibility index (Phi) is 6.06. The van der Waals surface area contributed by atoms with Gasteiger partial charge >= 0.3 is 6.18 Å². The number of rotatable bonds is 6. The normalized spacial score (nSPS) is 11.6. The molecule has 3 nitrogen and oxygen atoms in total. The van der Waals surface area contributed by atoms with Gasteiger partial charge in [0.1, 0.15) is 5.78 Å². The average molecular weight is 239 g/mol. The largest absolute Gasteiger partial charge is 0.390 e. The number of Topliss-reactive ketones (excluding diaryl/α,β-unsaturated/α-hetero) is 1. The van der Waals surface area contributed by atoms with E-state index in [4.69, 9.17) is 0 Å². The van der Waals surface area contributed by atoms with Gasteiger partial charge in [-0.3, -0.25) is 9.59 Å². The number of amides is 1. The van der Waals surface area contributed by atoms with Crippen LogP contribution in [0.5, 0.6) is 0 Å². The fourth-order valence-corrected chi connectivity index (χ4v) is 1.11. The zero-order valence-corrected chi connectivity index (χ0v) is 9.36. The maximum absolute atomic E-state index is 11.7. The standard InChI is InChI=1S/C10H16F3NO2/c1-7(2)5-8(15)6-9(16)14-4-3-10(11,12)13/h7H,3-6H2,1-2H3,(H,14,16). The Hall–Kier alpha value is -1.07. The molecule has 6 heteroatoms. The Labute approximate surface area is 92.4 Å². The molecule has 0 saturated carbocycles. The molecule has 0 rings (SSSR count). The molecule has 0 aliphatic carbocycles. The number of carbonyl (C=O) groups excluding carboxylic acids is 2. The summed E-state index contributed by atoms with van der Waals surface area (Å²) >= 11 is 0. The lowest BCUT2D eigenvalue weighted by Crippen LogP contribution is -2.29. The number of hydrogen-bond donors (Lipinski definition) is 1. The Morgan fingerprint density at radius 3 is 2.25 bits per heavy atom. The van der Waals surface area contributed by atoms with Crippen molar-refractivity contribution in [1.29, 1.82) is 0 Å². The third-order valence-corrected chi connectivity index (χ3v) is 1.72. The van der Waals surface area contributed by atoms with E-state index in [9.17, 15) is 22.8 Å². The molecule has 0 spiro atoms. The first-order valence-corrected chi connectivity index (χ1v) is 5.06. The van der Waals surface area contributed by atoms with Gasteiger partial charge in [-0.05, 0) is 5.92 Å². The molecule has 94 valence electrons. The average Bonchev–Trinajstić information content (AvgIpc) is 1.98. The fourth-order valence-electron chi connectivity index (χ4n) is 1.11. The summed E-state index contributed by atoms with van der Waals surface area (Å²) in [6.07, 6.45) is -5.42. The molecule has 0 fully saturated rings. The van der Waals surface area contributed by atoms with Crippen LogP contribution in [-0.4, -0.2) is 24.4 Å². The minimum Gasteiger partial charge on any atom is -0.355 e. The van der Waals surface area contributed by atoms with Crippen LogP contribution in [0, 0.1) is 5.92 Å². The van der Waals surface area contributed by atoms with Gasteiger partial charge < -0.3 is 5.32 Å². The maximum atomic E-state index is 11.7. The van der Waals surface area contributed by atoms with E-state index in [0.29, 0.717) is 0 Å². The predicted molar refractivity (Wildman–Crippen MR) is 52.8 cm³/mol. The third-order valence-electron chi connectivity index (χ3n) is 1.72. The summed E-state index contributed by atoms with van der Waals surface area (Å²) in [5, 5.41) is 2.06. The summed E-state index contributed by atoms with van der Waals surface area (Å²) in [6, 6.07) is 0. The summed E-state index contributed by atoms with van der Waals surface area (Å²) in [5.41, 5.74) is 0. The molecule has 0 aliphatic heterocycles. The molecule has 16 heavy (non-hydrogen) atoms. The monoisotopic (exact) mass is 239 g/mol. The highest BCUT2D eigenvalue weighted by molar-refractivity contribution is 5.97. The highest BCUT2D eigenvalue weighted by atomic mass is 19.4. The van der Waals surface area contributed by atoms with Crippen LogP contribution in [0.25, 0.3) is 0 Å². The van der Waals surface area contributed by atoms with Crippen molar-refractivity contribution in [3.8, 4) is 0 Å². The van der Waals surface area contributed by atoms with Gasteiger partial charge in [-0.2, -0.15) is 13.2 Å². The molecule has 0 unspecified atom stereocenters. The summed E-state index contributed by atoms with van der Waals surface area (Å²) in [6.45, 7) is 3.19. The van der Waals surface area contributed by atoms with Crippen LogP contribution in [0.4, 0.5) is 13.2 Å². The van der Waals surface area contributed by atoms with E-state index < -0.39 is 25.0 Å². The minimum atomic E-state index is -4.28. The van der Waals surface area contributed by atoms with Crippen molar-refractivity contribution < 1.29 is 22.8 Å². The number of carbonyl (C=O) groups is 2. The quantitative estimate of drug-likeness (QED) is 0.721. The van der Waals surface area contributed by atoms with Crippen LogP contribution in [-0.2, 0) is 9.59 Å². The molecule has 0 aromatic carbocycles. The molecule has 0 aromatic heterocycles. The molecule has 0 bridgehead atoms.